The number of nitrogens with one attached hydrogen (secondary N) is 1. The van der Waals surface area contributed by atoms with E-state index in [0.717, 1.165) is 0 Å². The molecule has 0 radical (unpaired) electrons. The second-order valence-corrected chi connectivity index (χ2v) is 4.38. The first-order chi connectivity index (χ1) is 9.10. The maximum absolute atomic E-state index is 14.0. The van der Waals surface area contributed by atoms with E-state index < -0.39 is 11.7 Å². The molecule has 0 saturated carbocycles. The molecule has 0 bridgehead atoms. The van der Waals surface area contributed by atoms with Crippen molar-refractivity contribution in [1.82, 2.24) is 5.32 Å². The number of hydrogen-bond donors (Lipinski definition) is 1. The van der Waals surface area contributed by atoms with E-state index in [9.17, 15) is 14.9 Å². The first-order valence-corrected chi connectivity index (χ1v) is 5.83. The molecule has 1 N–H and O–H groups in total. The van der Waals surface area contributed by atoms with E-state index in [1.54, 1.807) is 32.0 Å². The van der Waals surface area contributed by atoms with Crippen molar-refractivity contribution in [3.8, 4) is 12.1 Å². The van der Waals surface area contributed by atoms with Crippen LogP contribution in [-0.4, -0.2) is 0 Å². The number of hydrogen-bond acceptors (Lipinski definition) is 3. The van der Waals surface area contributed by atoms with Gasteiger partial charge in [0.1, 0.15) is 5.82 Å². The number of rotatable bonds is 1. The molecule has 0 amide bonds. The first-order valence-electron chi connectivity index (χ1n) is 5.83. The molecule has 0 fully saturated rings. The van der Waals surface area contributed by atoms with Gasteiger partial charge in [0.05, 0.1) is 29.2 Å². The summed E-state index contributed by atoms with van der Waals surface area (Å²) in [5.41, 5.74) is 2.44. The van der Waals surface area contributed by atoms with E-state index in [1.807, 2.05) is 0 Å². The maximum Gasteiger partial charge on any atom is 0.127 e. The number of nitriles is 2. The van der Waals surface area contributed by atoms with Gasteiger partial charge in [0.25, 0.3) is 0 Å². The summed E-state index contributed by atoms with van der Waals surface area (Å²) < 4.78 is 14.0. The van der Waals surface area contributed by atoms with E-state index in [0.29, 0.717) is 28.1 Å². The van der Waals surface area contributed by atoms with Gasteiger partial charge in [-0.2, -0.15) is 10.5 Å². The number of benzene rings is 1. The molecule has 0 aromatic heterocycles. The van der Waals surface area contributed by atoms with Crippen molar-refractivity contribution in [1.29, 1.82) is 10.5 Å². The van der Waals surface area contributed by atoms with Crippen molar-refractivity contribution in [2.24, 2.45) is 0 Å². The molecule has 1 heterocycles. The zero-order chi connectivity index (χ0) is 14.0. The third-order valence-electron chi connectivity index (χ3n) is 3.22. The maximum atomic E-state index is 14.0. The van der Waals surface area contributed by atoms with Crippen molar-refractivity contribution >= 4 is 0 Å². The Balaban J connectivity index is 2.69. The Bertz CT molecular complexity index is 635. The van der Waals surface area contributed by atoms with Crippen molar-refractivity contribution in [2.75, 3.05) is 0 Å². The molecule has 0 spiro atoms. The Morgan fingerprint density at radius 2 is 1.58 bits per heavy atom. The summed E-state index contributed by atoms with van der Waals surface area (Å²) >= 11 is 0. The average Bonchev–Trinajstić information content (AvgIpc) is 2.38. The lowest BCUT2D eigenvalue weighted by Gasteiger charge is -2.26. The number of allylic oxidation sites excluding steroid dienone is 4. The molecule has 0 aliphatic carbocycles. The molecule has 4 heteroatoms. The number of dihydropyridines is 1. The first kappa shape index (κ1) is 12.9. The van der Waals surface area contributed by atoms with Gasteiger partial charge in [-0.15, -0.1) is 0 Å². The summed E-state index contributed by atoms with van der Waals surface area (Å²) in [6, 6.07) is 10.4. The summed E-state index contributed by atoms with van der Waals surface area (Å²) in [4.78, 5) is 0. The number of halogens is 1. The molecular weight excluding hydrogens is 241 g/mol. The van der Waals surface area contributed by atoms with Crippen LogP contribution in [0, 0.1) is 28.5 Å². The largest absolute Gasteiger partial charge is 0.361 e. The second kappa shape index (κ2) is 4.96. The van der Waals surface area contributed by atoms with Crippen LogP contribution >= 0.6 is 0 Å². The smallest absolute Gasteiger partial charge is 0.127 e. The van der Waals surface area contributed by atoms with Gasteiger partial charge in [0, 0.05) is 17.0 Å². The highest BCUT2D eigenvalue weighted by Crippen LogP contribution is 2.37. The minimum Gasteiger partial charge on any atom is -0.361 e. The molecule has 94 valence electrons. The summed E-state index contributed by atoms with van der Waals surface area (Å²) in [5, 5.41) is 21.6. The standard InChI is InChI=1S/C15H12FN3/c1-9-12(7-17)15(13(8-18)10(2)19-9)11-5-3-4-6-14(11)16/h3-6,15,19H,1-2H3. The van der Waals surface area contributed by atoms with Gasteiger partial charge in [0.15, 0.2) is 0 Å². The highest BCUT2D eigenvalue weighted by molar-refractivity contribution is 5.55. The van der Waals surface area contributed by atoms with Crippen molar-refractivity contribution in [2.45, 2.75) is 19.8 Å². The van der Waals surface area contributed by atoms with Crippen LogP contribution in [0.5, 0.6) is 0 Å². The van der Waals surface area contributed by atoms with Crippen LogP contribution in [0.25, 0.3) is 0 Å². The number of nitrogens with zero attached hydrogens (tertiary/aromatic N) is 2. The van der Waals surface area contributed by atoms with Crippen molar-refractivity contribution in [3.63, 3.8) is 0 Å². The highest BCUT2D eigenvalue weighted by atomic mass is 19.1. The molecule has 0 saturated heterocycles. The molecule has 1 aromatic rings. The third kappa shape index (κ3) is 2.09. The lowest BCUT2D eigenvalue weighted by Crippen LogP contribution is -2.23. The Kier molecular flexibility index (Phi) is 3.35. The van der Waals surface area contributed by atoms with Gasteiger partial charge >= 0.3 is 0 Å². The normalized spacial score (nSPS) is 15.8. The van der Waals surface area contributed by atoms with E-state index in [2.05, 4.69) is 17.5 Å². The van der Waals surface area contributed by atoms with Crippen molar-refractivity contribution < 1.29 is 4.39 Å². The Morgan fingerprint density at radius 1 is 1.05 bits per heavy atom. The molecule has 0 atom stereocenters. The summed E-state index contributed by atoms with van der Waals surface area (Å²) in [6.45, 7) is 3.51. The van der Waals surface area contributed by atoms with Gasteiger partial charge in [-0.3, -0.25) is 0 Å². The van der Waals surface area contributed by atoms with Gasteiger partial charge < -0.3 is 5.32 Å². The molecule has 2 rings (SSSR count). The highest BCUT2D eigenvalue weighted by Gasteiger charge is 2.30. The fraction of sp³-hybridized carbons (Fsp3) is 0.200. The van der Waals surface area contributed by atoms with Crippen LogP contribution in [0.3, 0.4) is 0 Å². The van der Waals surface area contributed by atoms with Crippen molar-refractivity contribution in [3.05, 3.63) is 58.2 Å². The Morgan fingerprint density at radius 3 is 2.05 bits per heavy atom. The monoisotopic (exact) mass is 253 g/mol. The molecule has 0 unspecified atom stereocenters. The predicted octanol–water partition coefficient (Wildman–Crippen LogP) is 3.11. The fourth-order valence-electron chi connectivity index (χ4n) is 2.31. The zero-order valence-corrected chi connectivity index (χ0v) is 10.7. The average molecular weight is 253 g/mol. The zero-order valence-electron chi connectivity index (χ0n) is 10.7. The van der Waals surface area contributed by atoms with Crippen LogP contribution in [-0.2, 0) is 0 Å². The van der Waals surface area contributed by atoms with E-state index >= 15 is 0 Å². The van der Waals surface area contributed by atoms with E-state index in [-0.39, 0.29) is 0 Å². The Labute approximate surface area is 111 Å². The predicted molar refractivity (Wildman–Crippen MR) is 68.9 cm³/mol. The lowest BCUT2D eigenvalue weighted by molar-refractivity contribution is 0.603. The van der Waals surface area contributed by atoms with Gasteiger partial charge in [-0.1, -0.05) is 18.2 Å². The van der Waals surface area contributed by atoms with E-state index in [4.69, 9.17) is 0 Å². The summed E-state index contributed by atoms with van der Waals surface area (Å²) in [7, 11) is 0. The molecule has 1 aliphatic rings. The minimum atomic E-state index is -0.627. The van der Waals surface area contributed by atoms with Crippen LogP contribution < -0.4 is 5.32 Å². The third-order valence-corrected chi connectivity index (χ3v) is 3.22. The molecule has 1 aliphatic heterocycles. The topological polar surface area (TPSA) is 59.6 Å². The minimum absolute atomic E-state index is 0.357. The van der Waals surface area contributed by atoms with Gasteiger partial charge in [-0.05, 0) is 19.9 Å². The van der Waals surface area contributed by atoms with Gasteiger partial charge in [-0.25, -0.2) is 4.39 Å². The Hall–Kier alpha value is -2.59. The fourth-order valence-corrected chi connectivity index (χ4v) is 2.31. The van der Waals surface area contributed by atoms with Crippen LogP contribution in [0.2, 0.25) is 0 Å². The summed E-state index contributed by atoms with van der Waals surface area (Å²) in [6.07, 6.45) is 0. The van der Waals surface area contributed by atoms with Crippen LogP contribution in [0.4, 0.5) is 4.39 Å². The SMILES string of the molecule is CC1=C(C#N)C(c2ccccc2F)C(C#N)=C(C)N1. The lowest BCUT2D eigenvalue weighted by atomic mass is 9.81. The van der Waals surface area contributed by atoms with Crippen LogP contribution in [0.15, 0.2) is 46.8 Å². The molecule has 19 heavy (non-hydrogen) atoms. The summed E-state index contributed by atoms with van der Waals surface area (Å²) in [5.74, 6) is -1.03. The van der Waals surface area contributed by atoms with E-state index in [1.165, 1.54) is 6.07 Å². The quantitative estimate of drug-likeness (QED) is 0.836. The van der Waals surface area contributed by atoms with Crippen LogP contribution in [0.1, 0.15) is 25.3 Å². The molecule has 1 aromatic carbocycles. The molecular formula is C15H12FN3. The van der Waals surface area contributed by atoms with Gasteiger partial charge in [0.2, 0.25) is 0 Å². The molecule has 3 nitrogen and oxygen atoms in total. The second-order valence-electron chi connectivity index (χ2n) is 4.38.